The fourth-order valence-electron chi connectivity index (χ4n) is 3.62. The molecule has 2 bridgehead atoms. The summed E-state index contributed by atoms with van der Waals surface area (Å²) in [6, 6.07) is 0. The first-order valence-corrected chi connectivity index (χ1v) is 6.99. The zero-order chi connectivity index (χ0) is 9.31. The van der Waals surface area contributed by atoms with Gasteiger partial charge in [0, 0.05) is 5.33 Å². The van der Waals surface area contributed by atoms with Crippen LogP contribution < -0.4 is 0 Å². The highest BCUT2D eigenvalue weighted by Crippen LogP contribution is 2.58. The third-order valence-electron chi connectivity index (χ3n) is 4.40. The Bertz CT molecular complexity index is 178. The average Bonchev–Trinajstić information content (AvgIpc) is 2.74. The lowest BCUT2D eigenvalue weighted by Crippen LogP contribution is -2.29. The average molecular weight is 245 g/mol. The van der Waals surface area contributed by atoms with E-state index < -0.39 is 0 Å². The monoisotopic (exact) mass is 244 g/mol. The molecule has 0 nitrogen and oxygen atoms in total. The van der Waals surface area contributed by atoms with Crippen molar-refractivity contribution in [1.29, 1.82) is 0 Å². The zero-order valence-corrected chi connectivity index (χ0v) is 10.3. The highest BCUT2D eigenvalue weighted by Gasteiger charge is 2.49. The number of fused-ring (bicyclic) bond motifs is 2. The Morgan fingerprint density at radius 2 is 2.23 bits per heavy atom. The van der Waals surface area contributed by atoms with Crippen molar-refractivity contribution in [3.63, 3.8) is 0 Å². The summed E-state index contributed by atoms with van der Waals surface area (Å²) in [4.78, 5) is 0. The van der Waals surface area contributed by atoms with Crippen LogP contribution in [0.2, 0.25) is 0 Å². The topological polar surface area (TPSA) is 0 Å². The fourth-order valence-corrected chi connectivity index (χ4v) is 4.59. The molecule has 2 aliphatic carbocycles. The molecular formula is C12H21Br. The van der Waals surface area contributed by atoms with Crippen LogP contribution in [0.1, 0.15) is 51.9 Å². The summed E-state index contributed by atoms with van der Waals surface area (Å²) in [5.41, 5.74) is 0.721. The van der Waals surface area contributed by atoms with Crippen LogP contribution in [0.25, 0.3) is 0 Å². The van der Waals surface area contributed by atoms with Gasteiger partial charge in [0.1, 0.15) is 0 Å². The van der Waals surface area contributed by atoms with Crippen LogP contribution in [0.4, 0.5) is 0 Å². The van der Waals surface area contributed by atoms with Crippen LogP contribution in [-0.4, -0.2) is 5.33 Å². The summed E-state index contributed by atoms with van der Waals surface area (Å²) >= 11 is 3.77. The first kappa shape index (κ1) is 10.0. The molecule has 0 N–H and O–H groups in total. The van der Waals surface area contributed by atoms with Gasteiger partial charge in [-0.3, -0.25) is 0 Å². The zero-order valence-electron chi connectivity index (χ0n) is 8.69. The quantitative estimate of drug-likeness (QED) is 0.645. The largest absolute Gasteiger partial charge is 0.0922 e. The summed E-state index contributed by atoms with van der Waals surface area (Å²) in [5.74, 6) is 2.17. The van der Waals surface area contributed by atoms with E-state index in [4.69, 9.17) is 0 Å². The van der Waals surface area contributed by atoms with Crippen LogP contribution in [0.3, 0.4) is 0 Å². The van der Waals surface area contributed by atoms with Crippen molar-refractivity contribution in [2.75, 3.05) is 5.33 Å². The summed E-state index contributed by atoms with van der Waals surface area (Å²) < 4.78 is 0. The Balaban J connectivity index is 1.99. The van der Waals surface area contributed by atoms with E-state index in [0.717, 1.165) is 17.3 Å². The SMILES string of the molecule is CCCCC1(CBr)CC2CCC1C2. The summed E-state index contributed by atoms with van der Waals surface area (Å²) in [6.45, 7) is 2.31. The van der Waals surface area contributed by atoms with E-state index in [1.807, 2.05) is 0 Å². The molecule has 0 aromatic heterocycles. The lowest BCUT2D eigenvalue weighted by molar-refractivity contribution is 0.177. The van der Waals surface area contributed by atoms with Crippen molar-refractivity contribution in [1.82, 2.24) is 0 Å². The minimum Gasteiger partial charge on any atom is -0.0922 e. The first-order chi connectivity index (χ1) is 6.30. The maximum Gasteiger partial charge on any atom is 0.00907 e. The van der Waals surface area contributed by atoms with Crippen LogP contribution in [-0.2, 0) is 0 Å². The van der Waals surface area contributed by atoms with Crippen LogP contribution in [0.5, 0.6) is 0 Å². The molecule has 0 radical (unpaired) electrons. The van der Waals surface area contributed by atoms with Crippen molar-refractivity contribution >= 4 is 15.9 Å². The van der Waals surface area contributed by atoms with E-state index >= 15 is 0 Å². The second kappa shape index (κ2) is 3.92. The van der Waals surface area contributed by atoms with Gasteiger partial charge in [0.25, 0.3) is 0 Å². The number of alkyl halides is 1. The maximum atomic E-state index is 3.77. The molecule has 0 aliphatic heterocycles. The molecule has 0 aromatic carbocycles. The second-order valence-corrected chi connectivity index (χ2v) is 5.74. The van der Waals surface area contributed by atoms with Gasteiger partial charge in [0.2, 0.25) is 0 Å². The summed E-state index contributed by atoms with van der Waals surface area (Å²) in [7, 11) is 0. The minimum absolute atomic E-state index is 0.721. The van der Waals surface area contributed by atoms with Crippen LogP contribution in [0.15, 0.2) is 0 Å². The van der Waals surface area contributed by atoms with Gasteiger partial charge in [-0.05, 0) is 42.9 Å². The summed E-state index contributed by atoms with van der Waals surface area (Å²) in [5, 5.41) is 1.27. The van der Waals surface area contributed by atoms with Crippen molar-refractivity contribution in [3.05, 3.63) is 0 Å². The predicted octanol–water partition coefficient (Wildman–Crippen LogP) is 4.38. The normalized spacial score (nSPS) is 42.9. The number of hydrogen-bond acceptors (Lipinski definition) is 0. The first-order valence-electron chi connectivity index (χ1n) is 5.86. The van der Waals surface area contributed by atoms with E-state index in [0.29, 0.717) is 0 Å². The second-order valence-electron chi connectivity index (χ2n) is 5.18. The minimum atomic E-state index is 0.721. The molecule has 76 valence electrons. The third kappa shape index (κ3) is 1.69. The number of hydrogen-bond donors (Lipinski definition) is 0. The van der Waals surface area contributed by atoms with Crippen LogP contribution in [0, 0.1) is 17.3 Å². The van der Waals surface area contributed by atoms with Gasteiger partial charge in [-0.1, -0.05) is 42.1 Å². The molecule has 3 unspecified atom stereocenters. The Labute approximate surface area is 90.6 Å². The van der Waals surface area contributed by atoms with Gasteiger partial charge in [0.15, 0.2) is 0 Å². The molecule has 3 atom stereocenters. The fraction of sp³-hybridized carbons (Fsp3) is 1.00. The lowest BCUT2D eigenvalue weighted by atomic mass is 9.71. The van der Waals surface area contributed by atoms with Gasteiger partial charge in [-0.25, -0.2) is 0 Å². The van der Waals surface area contributed by atoms with Crippen molar-refractivity contribution < 1.29 is 0 Å². The van der Waals surface area contributed by atoms with Gasteiger partial charge in [-0.2, -0.15) is 0 Å². The molecule has 2 rings (SSSR count). The van der Waals surface area contributed by atoms with Gasteiger partial charge in [0.05, 0.1) is 0 Å². The molecule has 0 heterocycles. The molecule has 2 fully saturated rings. The van der Waals surface area contributed by atoms with Gasteiger partial charge >= 0.3 is 0 Å². The highest BCUT2D eigenvalue weighted by molar-refractivity contribution is 9.09. The van der Waals surface area contributed by atoms with Crippen molar-refractivity contribution in [3.8, 4) is 0 Å². The molecule has 0 spiro atoms. The Morgan fingerprint density at radius 3 is 2.69 bits per heavy atom. The van der Waals surface area contributed by atoms with E-state index in [1.54, 1.807) is 6.42 Å². The molecule has 13 heavy (non-hydrogen) atoms. The molecule has 0 aromatic rings. The Morgan fingerprint density at radius 1 is 1.38 bits per heavy atom. The lowest BCUT2D eigenvalue weighted by Gasteiger charge is -2.36. The number of unbranched alkanes of at least 4 members (excludes halogenated alkanes) is 1. The third-order valence-corrected chi connectivity index (χ3v) is 5.51. The predicted molar refractivity (Wildman–Crippen MR) is 61.2 cm³/mol. The molecule has 0 saturated heterocycles. The van der Waals surface area contributed by atoms with E-state index in [2.05, 4.69) is 22.9 Å². The molecule has 2 aliphatic rings. The van der Waals surface area contributed by atoms with Crippen molar-refractivity contribution in [2.45, 2.75) is 51.9 Å². The number of halogens is 1. The maximum absolute atomic E-state index is 3.77. The Kier molecular flexibility index (Phi) is 3.02. The van der Waals surface area contributed by atoms with E-state index in [1.165, 1.54) is 43.9 Å². The van der Waals surface area contributed by atoms with E-state index in [-0.39, 0.29) is 0 Å². The smallest absolute Gasteiger partial charge is 0.00907 e. The molecular weight excluding hydrogens is 224 g/mol. The van der Waals surface area contributed by atoms with E-state index in [9.17, 15) is 0 Å². The molecule has 2 saturated carbocycles. The standard InChI is InChI=1S/C12H21Br/c1-2-3-6-12(9-13)8-10-4-5-11(12)7-10/h10-11H,2-9H2,1H3. The van der Waals surface area contributed by atoms with Crippen molar-refractivity contribution in [2.24, 2.45) is 17.3 Å². The molecule has 1 heteroatoms. The van der Waals surface area contributed by atoms with Gasteiger partial charge < -0.3 is 0 Å². The van der Waals surface area contributed by atoms with Gasteiger partial charge in [-0.15, -0.1) is 0 Å². The number of rotatable bonds is 4. The van der Waals surface area contributed by atoms with Crippen LogP contribution >= 0.6 is 15.9 Å². The Hall–Kier alpha value is 0.480. The highest BCUT2D eigenvalue weighted by atomic mass is 79.9. The summed E-state index contributed by atoms with van der Waals surface area (Å²) in [6.07, 6.45) is 10.4. The molecule has 0 amide bonds.